The van der Waals surface area contributed by atoms with Crippen LogP contribution in [0.15, 0.2) is 10.8 Å². The van der Waals surface area contributed by atoms with E-state index in [1.165, 1.54) is 6.39 Å². The minimum absolute atomic E-state index is 0.391. The fourth-order valence-electron chi connectivity index (χ4n) is 1.79. The Kier molecular flexibility index (Phi) is 2.84. The number of piperidine rings is 1. The Morgan fingerprint density at radius 2 is 2.29 bits per heavy atom. The summed E-state index contributed by atoms with van der Waals surface area (Å²) in [6.45, 7) is 5.00. The van der Waals surface area contributed by atoms with E-state index < -0.39 is 0 Å². The molecule has 78 valence electrons. The highest BCUT2D eigenvalue weighted by Crippen LogP contribution is 2.14. The maximum absolute atomic E-state index is 5.84. The summed E-state index contributed by atoms with van der Waals surface area (Å²) in [5.41, 5.74) is 6.84. The lowest BCUT2D eigenvalue weighted by Crippen LogP contribution is -2.39. The highest BCUT2D eigenvalue weighted by Gasteiger charge is 2.17. The zero-order valence-corrected chi connectivity index (χ0v) is 8.57. The van der Waals surface area contributed by atoms with Crippen LogP contribution in [-0.2, 0) is 6.54 Å². The summed E-state index contributed by atoms with van der Waals surface area (Å²) in [6.07, 6.45) is 3.70. The Morgan fingerprint density at radius 1 is 1.57 bits per heavy atom. The van der Waals surface area contributed by atoms with Gasteiger partial charge in [-0.1, -0.05) is 0 Å². The molecule has 0 atom stereocenters. The van der Waals surface area contributed by atoms with Crippen molar-refractivity contribution in [3.05, 3.63) is 17.8 Å². The van der Waals surface area contributed by atoms with Crippen molar-refractivity contribution < 1.29 is 4.42 Å². The second-order valence-corrected chi connectivity index (χ2v) is 3.97. The number of rotatable bonds is 2. The molecule has 0 aromatic carbocycles. The van der Waals surface area contributed by atoms with Gasteiger partial charge in [0, 0.05) is 19.1 Å². The van der Waals surface area contributed by atoms with E-state index in [1.54, 1.807) is 0 Å². The number of aromatic nitrogens is 1. The Balaban J connectivity index is 1.89. The van der Waals surface area contributed by atoms with Gasteiger partial charge in [-0.15, -0.1) is 0 Å². The predicted octanol–water partition coefficient (Wildman–Crippen LogP) is 0.906. The quantitative estimate of drug-likeness (QED) is 0.762. The molecule has 0 aliphatic carbocycles. The molecule has 0 bridgehead atoms. The molecule has 1 aliphatic rings. The Labute approximate surface area is 84.1 Å². The molecule has 0 radical (unpaired) electrons. The maximum atomic E-state index is 5.84. The average Bonchev–Trinajstić information content (AvgIpc) is 2.56. The molecule has 0 amide bonds. The van der Waals surface area contributed by atoms with Crippen LogP contribution >= 0.6 is 0 Å². The summed E-state index contributed by atoms with van der Waals surface area (Å²) in [7, 11) is 0. The van der Waals surface area contributed by atoms with Crippen LogP contribution < -0.4 is 5.73 Å². The van der Waals surface area contributed by atoms with Crippen LogP contribution in [0.5, 0.6) is 0 Å². The standard InChI is InChI=1S/C10H17N3O/c1-8-10(14-7-12-8)6-13-4-2-9(11)3-5-13/h7,9H,2-6,11H2,1H3. The third-order valence-corrected chi connectivity index (χ3v) is 2.84. The van der Waals surface area contributed by atoms with Gasteiger partial charge < -0.3 is 10.2 Å². The summed E-state index contributed by atoms with van der Waals surface area (Å²) in [5.74, 6) is 0.987. The van der Waals surface area contributed by atoms with Crippen LogP contribution in [0, 0.1) is 6.92 Å². The van der Waals surface area contributed by atoms with E-state index in [0.717, 1.165) is 43.9 Å². The molecule has 2 heterocycles. The predicted molar refractivity (Wildman–Crippen MR) is 53.7 cm³/mol. The fraction of sp³-hybridized carbons (Fsp3) is 0.700. The van der Waals surface area contributed by atoms with Crippen LogP contribution in [0.25, 0.3) is 0 Å². The van der Waals surface area contributed by atoms with E-state index in [1.807, 2.05) is 6.92 Å². The molecule has 1 aliphatic heterocycles. The second kappa shape index (κ2) is 4.11. The first-order valence-corrected chi connectivity index (χ1v) is 5.12. The van der Waals surface area contributed by atoms with E-state index >= 15 is 0 Å². The van der Waals surface area contributed by atoms with Gasteiger partial charge in [0.25, 0.3) is 0 Å². The lowest BCUT2D eigenvalue weighted by atomic mass is 10.1. The molecule has 1 saturated heterocycles. The minimum atomic E-state index is 0.391. The second-order valence-electron chi connectivity index (χ2n) is 3.97. The van der Waals surface area contributed by atoms with Gasteiger partial charge >= 0.3 is 0 Å². The van der Waals surface area contributed by atoms with Crippen molar-refractivity contribution >= 4 is 0 Å². The molecule has 1 aromatic heterocycles. The molecule has 0 unspecified atom stereocenters. The minimum Gasteiger partial charge on any atom is -0.447 e. The number of hydrogen-bond donors (Lipinski definition) is 1. The summed E-state index contributed by atoms with van der Waals surface area (Å²) in [6, 6.07) is 0.391. The van der Waals surface area contributed by atoms with Crippen molar-refractivity contribution in [1.82, 2.24) is 9.88 Å². The van der Waals surface area contributed by atoms with E-state index in [9.17, 15) is 0 Å². The summed E-state index contributed by atoms with van der Waals surface area (Å²) < 4.78 is 5.31. The highest BCUT2D eigenvalue weighted by atomic mass is 16.3. The molecule has 2 rings (SSSR count). The lowest BCUT2D eigenvalue weighted by molar-refractivity contribution is 0.191. The molecule has 14 heavy (non-hydrogen) atoms. The molecular formula is C10H17N3O. The fourth-order valence-corrected chi connectivity index (χ4v) is 1.79. The van der Waals surface area contributed by atoms with Gasteiger partial charge in [-0.2, -0.15) is 0 Å². The van der Waals surface area contributed by atoms with Crippen LogP contribution in [0.3, 0.4) is 0 Å². The van der Waals surface area contributed by atoms with Crippen LogP contribution in [-0.4, -0.2) is 29.0 Å². The van der Waals surface area contributed by atoms with Crippen molar-refractivity contribution in [2.75, 3.05) is 13.1 Å². The van der Waals surface area contributed by atoms with Crippen molar-refractivity contribution in [1.29, 1.82) is 0 Å². The molecule has 4 heteroatoms. The maximum Gasteiger partial charge on any atom is 0.181 e. The molecule has 0 saturated carbocycles. The van der Waals surface area contributed by atoms with E-state index in [-0.39, 0.29) is 0 Å². The van der Waals surface area contributed by atoms with Gasteiger partial charge in [-0.3, -0.25) is 4.90 Å². The number of oxazole rings is 1. The van der Waals surface area contributed by atoms with Gasteiger partial charge in [-0.05, 0) is 19.8 Å². The number of nitrogens with two attached hydrogens (primary N) is 1. The lowest BCUT2D eigenvalue weighted by Gasteiger charge is -2.29. The summed E-state index contributed by atoms with van der Waals surface area (Å²) in [4.78, 5) is 6.45. The smallest absolute Gasteiger partial charge is 0.181 e. The number of hydrogen-bond acceptors (Lipinski definition) is 4. The normalized spacial score (nSPS) is 20.1. The van der Waals surface area contributed by atoms with Gasteiger partial charge in [0.15, 0.2) is 6.39 Å². The highest BCUT2D eigenvalue weighted by molar-refractivity contribution is 5.04. The van der Waals surface area contributed by atoms with Gasteiger partial charge in [0.2, 0.25) is 0 Å². The third-order valence-electron chi connectivity index (χ3n) is 2.84. The average molecular weight is 195 g/mol. The molecule has 4 nitrogen and oxygen atoms in total. The largest absolute Gasteiger partial charge is 0.447 e. The van der Waals surface area contributed by atoms with Gasteiger partial charge in [0.05, 0.1) is 12.2 Å². The molecule has 1 fully saturated rings. The first kappa shape index (κ1) is 9.68. The van der Waals surface area contributed by atoms with Crippen LogP contribution in [0.1, 0.15) is 24.3 Å². The van der Waals surface area contributed by atoms with Gasteiger partial charge in [0.1, 0.15) is 5.76 Å². The molecular weight excluding hydrogens is 178 g/mol. The SMILES string of the molecule is Cc1ncoc1CN1CCC(N)CC1. The number of likely N-dealkylation sites (tertiary alicyclic amines) is 1. The first-order valence-electron chi connectivity index (χ1n) is 5.12. The zero-order valence-electron chi connectivity index (χ0n) is 8.57. The monoisotopic (exact) mass is 195 g/mol. The Morgan fingerprint density at radius 3 is 2.86 bits per heavy atom. The molecule has 1 aromatic rings. The molecule has 0 spiro atoms. The summed E-state index contributed by atoms with van der Waals surface area (Å²) in [5, 5.41) is 0. The Bertz CT molecular complexity index is 289. The van der Waals surface area contributed by atoms with Crippen LogP contribution in [0.4, 0.5) is 0 Å². The van der Waals surface area contributed by atoms with Crippen molar-refractivity contribution in [2.45, 2.75) is 32.4 Å². The summed E-state index contributed by atoms with van der Waals surface area (Å²) >= 11 is 0. The third kappa shape index (κ3) is 2.13. The van der Waals surface area contributed by atoms with E-state index in [2.05, 4.69) is 9.88 Å². The first-order chi connectivity index (χ1) is 6.75. The van der Waals surface area contributed by atoms with Crippen molar-refractivity contribution in [3.63, 3.8) is 0 Å². The Hall–Kier alpha value is -0.870. The van der Waals surface area contributed by atoms with E-state index in [0.29, 0.717) is 6.04 Å². The molecule has 2 N–H and O–H groups in total. The van der Waals surface area contributed by atoms with Gasteiger partial charge in [-0.25, -0.2) is 4.98 Å². The van der Waals surface area contributed by atoms with Crippen LogP contribution in [0.2, 0.25) is 0 Å². The van der Waals surface area contributed by atoms with E-state index in [4.69, 9.17) is 10.2 Å². The topological polar surface area (TPSA) is 55.3 Å². The number of nitrogens with zero attached hydrogens (tertiary/aromatic N) is 2. The van der Waals surface area contributed by atoms with Crippen molar-refractivity contribution in [3.8, 4) is 0 Å². The number of aryl methyl sites for hydroxylation is 1. The zero-order chi connectivity index (χ0) is 9.97. The van der Waals surface area contributed by atoms with Crippen molar-refractivity contribution in [2.24, 2.45) is 5.73 Å².